The molecule has 3 heteroatoms. The van der Waals surface area contributed by atoms with E-state index in [4.69, 9.17) is 4.84 Å². The van der Waals surface area contributed by atoms with E-state index < -0.39 is 0 Å². The molecule has 1 aliphatic rings. The van der Waals surface area contributed by atoms with Gasteiger partial charge in [-0.05, 0) is 94.9 Å². The first-order valence-corrected chi connectivity index (χ1v) is 12.8. The number of aryl methyl sites for hydroxylation is 1. The largest absolute Gasteiger partial charge is 0.290 e. The number of hydrogen-bond donors (Lipinski definition) is 0. The van der Waals surface area contributed by atoms with Gasteiger partial charge in [-0.15, -0.1) is 11.3 Å². The van der Waals surface area contributed by atoms with Gasteiger partial charge >= 0.3 is 0 Å². The molecule has 2 nitrogen and oxygen atoms in total. The second kappa shape index (κ2) is 9.97. The van der Waals surface area contributed by atoms with E-state index in [9.17, 15) is 0 Å². The lowest BCUT2D eigenvalue weighted by Gasteiger charge is -2.52. The molecule has 0 N–H and O–H groups in total. The SMILES string of the molecule is CCCCCCc1csc(-c2ccc(C(C)ON3C(C)(C)CCCC3(C)C)cc2)c1. The van der Waals surface area contributed by atoms with Crippen molar-refractivity contribution in [1.29, 1.82) is 0 Å². The fraction of sp³-hybridized carbons (Fsp3) is 0.630. The Morgan fingerprint density at radius 1 is 1.00 bits per heavy atom. The van der Waals surface area contributed by atoms with Crippen molar-refractivity contribution in [3.05, 3.63) is 46.8 Å². The summed E-state index contributed by atoms with van der Waals surface area (Å²) in [6.07, 6.45) is 10.2. The quantitative estimate of drug-likeness (QED) is 0.371. The van der Waals surface area contributed by atoms with Crippen molar-refractivity contribution in [3.8, 4) is 10.4 Å². The average Bonchev–Trinajstić information content (AvgIpc) is 3.17. The van der Waals surface area contributed by atoms with E-state index >= 15 is 0 Å². The van der Waals surface area contributed by atoms with Gasteiger partial charge in [0.1, 0.15) is 6.10 Å². The van der Waals surface area contributed by atoms with Crippen molar-refractivity contribution in [2.24, 2.45) is 0 Å². The topological polar surface area (TPSA) is 12.5 Å². The molecule has 1 atom stereocenters. The highest BCUT2D eigenvalue weighted by atomic mass is 32.1. The normalized spacial score (nSPS) is 19.7. The first-order valence-electron chi connectivity index (χ1n) is 11.9. The van der Waals surface area contributed by atoms with Crippen LogP contribution in [0.5, 0.6) is 0 Å². The summed E-state index contributed by atoms with van der Waals surface area (Å²) in [5, 5.41) is 4.60. The fourth-order valence-corrected chi connectivity index (χ4v) is 5.77. The smallest absolute Gasteiger partial charge is 0.102 e. The minimum absolute atomic E-state index is 0.0492. The van der Waals surface area contributed by atoms with E-state index in [0.29, 0.717) is 0 Å². The predicted octanol–water partition coefficient (Wildman–Crippen LogP) is 8.57. The Bertz CT molecular complexity index is 773. The molecule has 3 rings (SSSR count). The van der Waals surface area contributed by atoms with E-state index in [1.807, 2.05) is 11.3 Å². The zero-order chi connectivity index (χ0) is 21.8. The number of thiophene rings is 1. The summed E-state index contributed by atoms with van der Waals surface area (Å²) in [7, 11) is 0. The molecule has 1 unspecified atom stereocenters. The highest BCUT2D eigenvalue weighted by Gasteiger charge is 2.43. The van der Waals surface area contributed by atoms with Crippen molar-refractivity contribution in [3.63, 3.8) is 0 Å². The van der Waals surface area contributed by atoms with E-state index in [-0.39, 0.29) is 17.2 Å². The molecule has 0 aliphatic carbocycles. The standard InChI is InChI=1S/C27H41NOS/c1-7-8-9-10-12-22-19-25(30-20-22)24-15-13-23(14-16-24)21(2)29-28-26(3,4)17-11-18-27(28,5)6/h13-16,19-21H,7-12,17-18H2,1-6H3. The molecule has 1 aliphatic heterocycles. The van der Waals surface area contributed by atoms with E-state index in [1.165, 1.54) is 72.9 Å². The number of unbranched alkanes of at least 4 members (excludes halogenated alkanes) is 3. The second-order valence-corrected chi connectivity index (χ2v) is 11.2. The van der Waals surface area contributed by atoms with Crippen LogP contribution < -0.4 is 0 Å². The third-order valence-corrected chi connectivity index (χ3v) is 7.61. The van der Waals surface area contributed by atoms with Gasteiger partial charge in [-0.25, -0.2) is 0 Å². The second-order valence-electron chi connectivity index (χ2n) is 10.3. The molecule has 1 aromatic heterocycles. The summed E-state index contributed by atoms with van der Waals surface area (Å²) in [4.78, 5) is 7.93. The fourth-order valence-electron chi connectivity index (χ4n) is 4.81. The van der Waals surface area contributed by atoms with Crippen LogP contribution in [0.1, 0.15) is 104 Å². The van der Waals surface area contributed by atoms with Gasteiger partial charge in [-0.2, -0.15) is 5.06 Å². The zero-order valence-electron chi connectivity index (χ0n) is 20.0. The molecular formula is C27H41NOS. The maximum Gasteiger partial charge on any atom is 0.102 e. The number of nitrogens with zero attached hydrogens (tertiary/aromatic N) is 1. The molecule has 2 aromatic rings. The summed E-state index contributed by atoms with van der Waals surface area (Å²) in [5.74, 6) is 0. The molecule has 1 fully saturated rings. The summed E-state index contributed by atoms with van der Waals surface area (Å²) >= 11 is 1.87. The van der Waals surface area contributed by atoms with E-state index in [2.05, 4.69) is 82.3 Å². The van der Waals surface area contributed by atoms with Gasteiger partial charge < -0.3 is 0 Å². The van der Waals surface area contributed by atoms with Gasteiger partial charge in [-0.3, -0.25) is 4.84 Å². The Morgan fingerprint density at radius 3 is 2.30 bits per heavy atom. The van der Waals surface area contributed by atoms with E-state index in [1.54, 1.807) is 0 Å². The number of hydroxylamine groups is 2. The Labute approximate surface area is 188 Å². The van der Waals surface area contributed by atoms with Crippen molar-refractivity contribution < 1.29 is 4.84 Å². The first-order chi connectivity index (χ1) is 14.2. The summed E-state index contributed by atoms with van der Waals surface area (Å²) in [6.45, 7) is 13.7. The minimum atomic E-state index is 0.0492. The van der Waals surface area contributed by atoms with Crippen LogP contribution >= 0.6 is 11.3 Å². The zero-order valence-corrected chi connectivity index (χ0v) is 20.8. The average molecular weight is 428 g/mol. The molecule has 2 heterocycles. The third kappa shape index (κ3) is 5.75. The molecule has 0 radical (unpaired) electrons. The van der Waals surface area contributed by atoms with Crippen LogP contribution in [0.2, 0.25) is 0 Å². The Hall–Kier alpha value is -1.16. The van der Waals surface area contributed by atoms with Gasteiger partial charge in [0.05, 0.1) is 0 Å². The summed E-state index contributed by atoms with van der Waals surface area (Å²) in [5.41, 5.74) is 4.18. The van der Waals surface area contributed by atoms with Crippen molar-refractivity contribution in [2.45, 2.75) is 110 Å². The van der Waals surface area contributed by atoms with Crippen LogP contribution in [0.4, 0.5) is 0 Å². The van der Waals surface area contributed by atoms with Crippen LogP contribution in [0, 0.1) is 0 Å². The molecule has 0 amide bonds. The number of rotatable bonds is 9. The third-order valence-electron chi connectivity index (χ3n) is 6.58. The lowest BCUT2D eigenvalue weighted by Crippen LogP contribution is -2.58. The van der Waals surface area contributed by atoms with Crippen LogP contribution in [0.15, 0.2) is 35.7 Å². The van der Waals surface area contributed by atoms with Crippen LogP contribution in [-0.2, 0) is 11.3 Å². The Morgan fingerprint density at radius 2 is 1.67 bits per heavy atom. The van der Waals surface area contributed by atoms with Gasteiger partial charge in [0.2, 0.25) is 0 Å². The number of benzene rings is 1. The minimum Gasteiger partial charge on any atom is -0.290 e. The number of piperidine rings is 1. The molecule has 0 spiro atoms. The lowest BCUT2D eigenvalue weighted by atomic mass is 9.82. The molecule has 0 bridgehead atoms. The van der Waals surface area contributed by atoms with Crippen LogP contribution in [0.3, 0.4) is 0 Å². The monoisotopic (exact) mass is 427 g/mol. The van der Waals surface area contributed by atoms with Crippen molar-refractivity contribution in [1.82, 2.24) is 5.06 Å². The van der Waals surface area contributed by atoms with Crippen LogP contribution in [-0.4, -0.2) is 16.1 Å². The Kier molecular flexibility index (Phi) is 7.81. The predicted molar refractivity (Wildman–Crippen MR) is 131 cm³/mol. The summed E-state index contributed by atoms with van der Waals surface area (Å²) in [6, 6.07) is 11.4. The molecule has 166 valence electrons. The van der Waals surface area contributed by atoms with Gasteiger partial charge in [-0.1, -0.05) is 50.5 Å². The van der Waals surface area contributed by atoms with Gasteiger partial charge in [0, 0.05) is 16.0 Å². The van der Waals surface area contributed by atoms with Crippen molar-refractivity contribution >= 4 is 11.3 Å². The van der Waals surface area contributed by atoms with Crippen LogP contribution in [0.25, 0.3) is 10.4 Å². The maximum absolute atomic E-state index is 6.56. The maximum atomic E-state index is 6.56. The number of hydrogen-bond acceptors (Lipinski definition) is 3. The summed E-state index contributed by atoms with van der Waals surface area (Å²) < 4.78 is 0. The van der Waals surface area contributed by atoms with Gasteiger partial charge in [0.25, 0.3) is 0 Å². The Balaban J connectivity index is 1.63. The highest BCUT2D eigenvalue weighted by Crippen LogP contribution is 2.40. The highest BCUT2D eigenvalue weighted by molar-refractivity contribution is 7.13. The van der Waals surface area contributed by atoms with Gasteiger partial charge in [0.15, 0.2) is 0 Å². The molecule has 1 aromatic carbocycles. The molecule has 30 heavy (non-hydrogen) atoms. The molecule has 0 saturated carbocycles. The molecule has 1 saturated heterocycles. The van der Waals surface area contributed by atoms with Crippen molar-refractivity contribution in [2.75, 3.05) is 0 Å². The lowest BCUT2D eigenvalue weighted by molar-refractivity contribution is -0.304. The van der Waals surface area contributed by atoms with E-state index in [0.717, 1.165) is 0 Å². The first kappa shape index (κ1) is 23.5. The molecular weight excluding hydrogens is 386 g/mol.